The highest BCUT2D eigenvalue weighted by atomic mass is 16.2. The van der Waals surface area contributed by atoms with Crippen molar-refractivity contribution in [1.82, 2.24) is 14.8 Å². The predicted molar refractivity (Wildman–Crippen MR) is 75.6 cm³/mol. The molecule has 20 heavy (non-hydrogen) atoms. The van der Waals surface area contributed by atoms with Crippen molar-refractivity contribution in [2.75, 3.05) is 38.5 Å². The number of nitrogen functional groups attached to an aromatic ring is 1. The van der Waals surface area contributed by atoms with E-state index in [-0.39, 0.29) is 5.91 Å². The first kappa shape index (κ1) is 14.3. The van der Waals surface area contributed by atoms with Gasteiger partial charge in [-0.05, 0) is 12.1 Å². The van der Waals surface area contributed by atoms with E-state index in [9.17, 15) is 4.79 Å². The van der Waals surface area contributed by atoms with Crippen LogP contribution in [-0.4, -0.2) is 53.4 Å². The van der Waals surface area contributed by atoms with Gasteiger partial charge in [0.1, 0.15) is 0 Å². The molecule has 0 bridgehead atoms. The van der Waals surface area contributed by atoms with Gasteiger partial charge in [0.2, 0.25) is 5.91 Å². The van der Waals surface area contributed by atoms with Crippen molar-refractivity contribution in [2.24, 2.45) is 0 Å². The number of piperazine rings is 1. The third kappa shape index (κ3) is 3.93. The monoisotopic (exact) mass is 273 g/mol. The van der Waals surface area contributed by atoms with Gasteiger partial charge in [0.05, 0.1) is 24.4 Å². The van der Waals surface area contributed by atoms with Gasteiger partial charge in [0, 0.05) is 44.8 Å². The molecule has 2 rings (SSSR count). The predicted octanol–water partition coefficient (Wildman–Crippen LogP) is 0.264. The summed E-state index contributed by atoms with van der Waals surface area (Å²) in [5.41, 5.74) is 6.92. The Morgan fingerprint density at radius 2 is 2.10 bits per heavy atom. The van der Waals surface area contributed by atoms with E-state index in [1.165, 1.54) is 0 Å². The number of nitriles is 1. The first-order valence-electron chi connectivity index (χ1n) is 6.76. The molecule has 6 heteroatoms. The summed E-state index contributed by atoms with van der Waals surface area (Å²) in [6.45, 7) is 3.90. The maximum Gasteiger partial charge on any atom is 0.228 e. The number of hydrogen-bond acceptors (Lipinski definition) is 5. The van der Waals surface area contributed by atoms with E-state index < -0.39 is 0 Å². The number of pyridine rings is 1. The zero-order valence-corrected chi connectivity index (χ0v) is 11.5. The number of carbonyl (C=O) groups excluding carboxylic acids is 1. The summed E-state index contributed by atoms with van der Waals surface area (Å²) in [6, 6.07) is 5.69. The minimum absolute atomic E-state index is 0.0993. The molecular formula is C14H19N5O. The zero-order valence-electron chi connectivity index (χ0n) is 11.5. The number of aromatic nitrogens is 1. The Labute approximate surface area is 118 Å². The average molecular weight is 273 g/mol. The number of amides is 1. The normalized spacial score (nSPS) is 15.8. The van der Waals surface area contributed by atoms with E-state index >= 15 is 0 Å². The molecule has 1 fully saturated rings. The van der Waals surface area contributed by atoms with E-state index in [1.807, 2.05) is 4.90 Å². The Morgan fingerprint density at radius 3 is 2.70 bits per heavy atom. The third-order valence-electron chi connectivity index (χ3n) is 3.44. The summed E-state index contributed by atoms with van der Waals surface area (Å²) >= 11 is 0. The lowest BCUT2D eigenvalue weighted by molar-refractivity contribution is -0.132. The fraction of sp³-hybridized carbons (Fsp3) is 0.500. The van der Waals surface area contributed by atoms with Gasteiger partial charge < -0.3 is 10.6 Å². The van der Waals surface area contributed by atoms with Crippen molar-refractivity contribution < 1.29 is 4.79 Å². The molecule has 2 heterocycles. The van der Waals surface area contributed by atoms with Crippen molar-refractivity contribution in [3.05, 3.63) is 24.0 Å². The van der Waals surface area contributed by atoms with E-state index in [2.05, 4.69) is 16.0 Å². The van der Waals surface area contributed by atoms with Crippen molar-refractivity contribution >= 4 is 11.6 Å². The Morgan fingerprint density at radius 1 is 1.35 bits per heavy atom. The maximum absolute atomic E-state index is 12.2. The molecule has 0 saturated carbocycles. The summed E-state index contributed by atoms with van der Waals surface area (Å²) in [5.74, 6) is 0.0993. The third-order valence-corrected chi connectivity index (χ3v) is 3.44. The zero-order chi connectivity index (χ0) is 14.4. The molecule has 0 unspecified atom stereocenters. The van der Waals surface area contributed by atoms with Crippen LogP contribution in [0.4, 0.5) is 5.69 Å². The first-order valence-corrected chi connectivity index (χ1v) is 6.76. The second kappa shape index (κ2) is 6.87. The molecule has 2 N–H and O–H groups in total. The fourth-order valence-electron chi connectivity index (χ4n) is 2.24. The summed E-state index contributed by atoms with van der Waals surface area (Å²) < 4.78 is 0. The van der Waals surface area contributed by atoms with Crippen molar-refractivity contribution in [2.45, 2.75) is 12.8 Å². The minimum Gasteiger partial charge on any atom is -0.397 e. The molecule has 1 aliphatic heterocycles. The molecule has 1 aliphatic rings. The molecule has 1 amide bonds. The summed E-state index contributed by atoms with van der Waals surface area (Å²) in [6.07, 6.45) is 2.43. The average Bonchev–Trinajstić information content (AvgIpc) is 2.48. The Balaban J connectivity index is 1.80. The summed E-state index contributed by atoms with van der Waals surface area (Å²) in [4.78, 5) is 20.4. The van der Waals surface area contributed by atoms with Gasteiger partial charge >= 0.3 is 0 Å². The Hall–Kier alpha value is -2.13. The lowest BCUT2D eigenvalue weighted by atomic mass is 10.2. The van der Waals surface area contributed by atoms with Gasteiger partial charge in [0.25, 0.3) is 0 Å². The van der Waals surface area contributed by atoms with Gasteiger partial charge in [0.15, 0.2) is 0 Å². The molecule has 0 aromatic carbocycles. The van der Waals surface area contributed by atoms with Gasteiger partial charge in [-0.25, -0.2) is 0 Å². The van der Waals surface area contributed by atoms with E-state index in [4.69, 9.17) is 11.0 Å². The summed E-state index contributed by atoms with van der Waals surface area (Å²) in [5, 5.41) is 8.56. The highest BCUT2D eigenvalue weighted by Crippen LogP contribution is 2.07. The number of rotatable bonds is 4. The standard InChI is InChI=1S/C14H19N5O/c15-4-1-5-18-6-8-19(9-7-18)14(20)10-13-3-2-12(16)11-17-13/h2-3,11H,1,5-10,16H2. The highest BCUT2D eigenvalue weighted by molar-refractivity contribution is 5.78. The molecule has 0 atom stereocenters. The van der Waals surface area contributed by atoms with E-state index in [0.29, 0.717) is 18.5 Å². The van der Waals surface area contributed by atoms with E-state index in [1.54, 1.807) is 18.3 Å². The highest BCUT2D eigenvalue weighted by Gasteiger charge is 2.20. The van der Waals surface area contributed by atoms with Crippen LogP contribution in [0.1, 0.15) is 12.1 Å². The van der Waals surface area contributed by atoms with Crippen LogP contribution in [0.3, 0.4) is 0 Å². The molecule has 1 aromatic rings. The minimum atomic E-state index is 0.0993. The van der Waals surface area contributed by atoms with Crippen LogP contribution in [0, 0.1) is 11.3 Å². The van der Waals surface area contributed by atoms with Gasteiger partial charge in [-0.2, -0.15) is 5.26 Å². The summed E-state index contributed by atoms with van der Waals surface area (Å²) in [7, 11) is 0. The van der Waals surface area contributed by atoms with Crippen LogP contribution in [0.15, 0.2) is 18.3 Å². The number of nitrogens with two attached hydrogens (primary N) is 1. The molecule has 6 nitrogen and oxygen atoms in total. The van der Waals surface area contributed by atoms with E-state index in [0.717, 1.165) is 38.4 Å². The lowest BCUT2D eigenvalue weighted by Gasteiger charge is -2.34. The SMILES string of the molecule is N#CCCN1CCN(C(=O)Cc2ccc(N)cn2)CC1. The number of carbonyl (C=O) groups is 1. The molecule has 1 saturated heterocycles. The maximum atomic E-state index is 12.2. The molecule has 0 radical (unpaired) electrons. The van der Waals surface area contributed by atoms with Crippen LogP contribution in [0.2, 0.25) is 0 Å². The van der Waals surface area contributed by atoms with Crippen LogP contribution in [-0.2, 0) is 11.2 Å². The molecule has 1 aromatic heterocycles. The van der Waals surface area contributed by atoms with Crippen LogP contribution in [0.5, 0.6) is 0 Å². The van der Waals surface area contributed by atoms with Gasteiger partial charge in [-0.1, -0.05) is 0 Å². The Bertz CT molecular complexity index is 485. The number of hydrogen-bond donors (Lipinski definition) is 1. The molecular weight excluding hydrogens is 254 g/mol. The molecule has 0 spiro atoms. The van der Waals surface area contributed by atoms with Crippen LogP contribution < -0.4 is 5.73 Å². The van der Waals surface area contributed by atoms with Crippen LogP contribution >= 0.6 is 0 Å². The number of anilines is 1. The van der Waals surface area contributed by atoms with Crippen LogP contribution in [0.25, 0.3) is 0 Å². The second-order valence-corrected chi connectivity index (χ2v) is 4.89. The van der Waals surface area contributed by atoms with Crippen molar-refractivity contribution in [1.29, 1.82) is 5.26 Å². The van der Waals surface area contributed by atoms with Crippen molar-refractivity contribution in [3.63, 3.8) is 0 Å². The van der Waals surface area contributed by atoms with Gasteiger partial charge in [-0.3, -0.25) is 14.7 Å². The largest absolute Gasteiger partial charge is 0.397 e. The Kier molecular flexibility index (Phi) is 4.91. The topological polar surface area (TPSA) is 86.2 Å². The second-order valence-electron chi connectivity index (χ2n) is 4.89. The fourth-order valence-corrected chi connectivity index (χ4v) is 2.24. The van der Waals surface area contributed by atoms with Crippen molar-refractivity contribution in [3.8, 4) is 6.07 Å². The quantitative estimate of drug-likeness (QED) is 0.850. The first-order chi connectivity index (χ1) is 9.69. The van der Waals surface area contributed by atoms with Gasteiger partial charge in [-0.15, -0.1) is 0 Å². The molecule has 106 valence electrons. The molecule has 0 aliphatic carbocycles. The number of nitrogens with zero attached hydrogens (tertiary/aromatic N) is 4. The lowest BCUT2D eigenvalue weighted by Crippen LogP contribution is -2.49. The smallest absolute Gasteiger partial charge is 0.228 e.